The number of hydrogen-bond acceptors (Lipinski definition) is 1. The van der Waals surface area contributed by atoms with Gasteiger partial charge in [0.05, 0.1) is 0 Å². The van der Waals surface area contributed by atoms with Gasteiger partial charge in [0.2, 0.25) is 0 Å². The molecular weight excluding hydrogens is 273 g/mol. The molecule has 0 N–H and O–H groups in total. The Morgan fingerprint density at radius 2 is 2.00 bits per heavy atom. The molecule has 0 saturated heterocycles. The van der Waals surface area contributed by atoms with Gasteiger partial charge in [-0.3, -0.25) is 4.98 Å². The molecule has 1 nitrogen and oxygen atoms in total. The molecule has 0 aliphatic heterocycles. The zero-order valence-corrected chi connectivity index (χ0v) is 10.5. The molecule has 0 atom stereocenters. The van der Waals surface area contributed by atoms with E-state index < -0.39 is 0 Å². The third kappa shape index (κ3) is 2.21. The van der Waals surface area contributed by atoms with Gasteiger partial charge < -0.3 is 0 Å². The Morgan fingerprint density at radius 1 is 1.20 bits per heavy atom. The lowest BCUT2D eigenvalue weighted by molar-refractivity contribution is 1.20. The summed E-state index contributed by atoms with van der Waals surface area (Å²) in [4.78, 5) is 4.26. The van der Waals surface area contributed by atoms with Crippen molar-refractivity contribution < 1.29 is 0 Å². The lowest BCUT2D eigenvalue weighted by atomic mass is 10.1. The SMILES string of the molecule is Cc1ncccc1-c1cc(Cl)ccc1Br. The van der Waals surface area contributed by atoms with Crippen molar-refractivity contribution in [2.24, 2.45) is 0 Å². The van der Waals surface area contributed by atoms with Crippen molar-refractivity contribution in [2.45, 2.75) is 6.92 Å². The van der Waals surface area contributed by atoms with Crippen molar-refractivity contribution >= 4 is 27.5 Å². The third-order valence-electron chi connectivity index (χ3n) is 2.23. The standard InChI is InChI=1S/C12H9BrClN/c1-8-10(3-2-6-15-8)11-7-9(14)4-5-12(11)13/h2-7H,1H3. The summed E-state index contributed by atoms with van der Waals surface area (Å²) < 4.78 is 1.03. The molecule has 1 heterocycles. The van der Waals surface area contributed by atoms with E-state index in [4.69, 9.17) is 11.6 Å². The van der Waals surface area contributed by atoms with Gasteiger partial charge in [0, 0.05) is 26.9 Å². The second-order valence-electron chi connectivity index (χ2n) is 3.26. The van der Waals surface area contributed by atoms with Crippen LogP contribution in [0.4, 0.5) is 0 Å². The van der Waals surface area contributed by atoms with Crippen LogP contribution in [0.1, 0.15) is 5.69 Å². The third-order valence-corrected chi connectivity index (χ3v) is 3.15. The lowest BCUT2D eigenvalue weighted by Gasteiger charge is -2.07. The maximum atomic E-state index is 5.98. The molecule has 3 heteroatoms. The van der Waals surface area contributed by atoms with Gasteiger partial charge in [0.25, 0.3) is 0 Å². The van der Waals surface area contributed by atoms with Crippen LogP contribution >= 0.6 is 27.5 Å². The summed E-state index contributed by atoms with van der Waals surface area (Å²) in [5, 5.41) is 0.733. The minimum absolute atomic E-state index is 0.733. The Labute approximate surface area is 102 Å². The largest absolute Gasteiger partial charge is 0.261 e. The summed E-state index contributed by atoms with van der Waals surface area (Å²) in [6.07, 6.45) is 1.79. The molecule has 0 bridgehead atoms. The molecule has 0 aliphatic rings. The van der Waals surface area contributed by atoms with Crippen molar-refractivity contribution in [3.05, 3.63) is 51.7 Å². The monoisotopic (exact) mass is 281 g/mol. The predicted octanol–water partition coefficient (Wildman–Crippen LogP) is 4.47. The Morgan fingerprint density at radius 3 is 2.73 bits per heavy atom. The van der Waals surface area contributed by atoms with E-state index in [2.05, 4.69) is 20.9 Å². The van der Waals surface area contributed by atoms with Gasteiger partial charge in [-0.1, -0.05) is 33.6 Å². The molecule has 0 spiro atoms. The molecule has 2 rings (SSSR count). The summed E-state index contributed by atoms with van der Waals surface area (Å²) in [5.74, 6) is 0. The molecule has 1 aromatic heterocycles. The zero-order valence-electron chi connectivity index (χ0n) is 8.17. The number of aromatic nitrogens is 1. The van der Waals surface area contributed by atoms with Crippen LogP contribution in [-0.4, -0.2) is 4.98 Å². The molecule has 1 aromatic carbocycles. The summed E-state index contributed by atoms with van der Waals surface area (Å²) in [7, 11) is 0. The first-order valence-corrected chi connectivity index (χ1v) is 5.72. The summed E-state index contributed by atoms with van der Waals surface area (Å²) >= 11 is 9.49. The maximum Gasteiger partial charge on any atom is 0.0451 e. The van der Waals surface area contributed by atoms with E-state index in [-0.39, 0.29) is 0 Å². The van der Waals surface area contributed by atoms with E-state index in [0.29, 0.717) is 0 Å². The molecule has 0 radical (unpaired) electrons. The number of hydrogen-bond donors (Lipinski definition) is 0. The molecule has 0 unspecified atom stereocenters. The normalized spacial score (nSPS) is 10.3. The smallest absolute Gasteiger partial charge is 0.0451 e. The second kappa shape index (κ2) is 4.33. The minimum atomic E-state index is 0.733. The Bertz CT molecular complexity index is 497. The quantitative estimate of drug-likeness (QED) is 0.752. The molecule has 0 aliphatic carbocycles. The number of pyridine rings is 1. The summed E-state index contributed by atoms with van der Waals surface area (Å²) in [5.41, 5.74) is 3.18. The fraction of sp³-hybridized carbons (Fsp3) is 0.0833. The van der Waals surface area contributed by atoms with E-state index in [9.17, 15) is 0 Å². The Hall–Kier alpha value is -0.860. The fourth-order valence-corrected chi connectivity index (χ4v) is 2.11. The highest BCUT2D eigenvalue weighted by Gasteiger charge is 2.06. The van der Waals surface area contributed by atoms with E-state index in [1.807, 2.05) is 37.3 Å². The number of benzene rings is 1. The van der Waals surface area contributed by atoms with Gasteiger partial charge in [-0.25, -0.2) is 0 Å². The molecule has 15 heavy (non-hydrogen) atoms. The highest BCUT2D eigenvalue weighted by Crippen LogP contribution is 2.31. The van der Waals surface area contributed by atoms with Crippen molar-refractivity contribution in [3.8, 4) is 11.1 Å². The van der Waals surface area contributed by atoms with Gasteiger partial charge in [0.1, 0.15) is 0 Å². The Kier molecular flexibility index (Phi) is 3.08. The molecule has 0 amide bonds. The van der Waals surface area contributed by atoms with Gasteiger partial charge in [-0.2, -0.15) is 0 Å². The van der Waals surface area contributed by atoms with Crippen molar-refractivity contribution in [1.29, 1.82) is 0 Å². The summed E-state index contributed by atoms with van der Waals surface area (Å²) in [6, 6.07) is 9.72. The van der Waals surface area contributed by atoms with Crippen LogP contribution in [0.25, 0.3) is 11.1 Å². The fourth-order valence-electron chi connectivity index (χ4n) is 1.47. The molecule has 0 fully saturated rings. The zero-order chi connectivity index (χ0) is 10.8. The molecule has 0 saturated carbocycles. The van der Waals surface area contributed by atoms with E-state index in [0.717, 1.165) is 26.3 Å². The van der Waals surface area contributed by atoms with Crippen LogP contribution in [-0.2, 0) is 0 Å². The van der Waals surface area contributed by atoms with Gasteiger partial charge in [-0.15, -0.1) is 0 Å². The maximum absolute atomic E-state index is 5.98. The molecule has 2 aromatic rings. The Balaban J connectivity index is 2.64. The van der Waals surface area contributed by atoms with E-state index in [1.165, 1.54) is 0 Å². The van der Waals surface area contributed by atoms with E-state index in [1.54, 1.807) is 6.20 Å². The van der Waals surface area contributed by atoms with Crippen LogP contribution in [0.3, 0.4) is 0 Å². The second-order valence-corrected chi connectivity index (χ2v) is 4.55. The first-order chi connectivity index (χ1) is 7.18. The van der Waals surface area contributed by atoms with Crippen LogP contribution in [0.5, 0.6) is 0 Å². The first-order valence-electron chi connectivity index (χ1n) is 4.55. The average Bonchev–Trinajstić information content (AvgIpc) is 2.23. The van der Waals surface area contributed by atoms with Crippen LogP contribution in [0.2, 0.25) is 5.02 Å². The topological polar surface area (TPSA) is 12.9 Å². The lowest BCUT2D eigenvalue weighted by Crippen LogP contribution is -1.87. The number of rotatable bonds is 1. The number of halogens is 2. The van der Waals surface area contributed by atoms with E-state index >= 15 is 0 Å². The minimum Gasteiger partial charge on any atom is -0.261 e. The highest BCUT2D eigenvalue weighted by molar-refractivity contribution is 9.10. The van der Waals surface area contributed by atoms with Gasteiger partial charge in [0.15, 0.2) is 0 Å². The first kappa shape index (κ1) is 10.7. The van der Waals surface area contributed by atoms with Gasteiger partial charge >= 0.3 is 0 Å². The highest BCUT2D eigenvalue weighted by atomic mass is 79.9. The van der Waals surface area contributed by atoms with Crippen LogP contribution in [0.15, 0.2) is 41.0 Å². The van der Waals surface area contributed by atoms with Crippen molar-refractivity contribution in [3.63, 3.8) is 0 Å². The van der Waals surface area contributed by atoms with Gasteiger partial charge in [-0.05, 0) is 36.8 Å². The van der Waals surface area contributed by atoms with Crippen molar-refractivity contribution in [2.75, 3.05) is 0 Å². The van der Waals surface area contributed by atoms with Crippen LogP contribution in [0, 0.1) is 6.92 Å². The molecule has 76 valence electrons. The average molecular weight is 283 g/mol. The predicted molar refractivity (Wildman–Crippen MR) is 67.1 cm³/mol. The summed E-state index contributed by atoms with van der Waals surface area (Å²) in [6.45, 7) is 1.99. The number of nitrogens with zero attached hydrogens (tertiary/aromatic N) is 1. The van der Waals surface area contributed by atoms with Crippen LogP contribution < -0.4 is 0 Å². The van der Waals surface area contributed by atoms with Crippen molar-refractivity contribution in [1.82, 2.24) is 4.98 Å². The molecular formula is C12H9BrClN. The number of aryl methyl sites for hydroxylation is 1.